The number of benzene rings is 2. The molecule has 1 N–H and O–H groups in total. The van der Waals surface area contributed by atoms with Crippen LogP contribution in [0.3, 0.4) is 0 Å². The van der Waals surface area contributed by atoms with Crippen molar-refractivity contribution in [2.24, 2.45) is 10.9 Å². The number of ketones is 1. The fourth-order valence-corrected chi connectivity index (χ4v) is 4.05. The first-order chi connectivity index (χ1) is 17.1. The molecule has 2 aromatic carbocycles. The number of carboxylic acid groups (broad SMARTS) is 1. The number of carboxylic acids is 1. The highest BCUT2D eigenvalue weighted by Gasteiger charge is 2.30. The van der Waals surface area contributed by atoms with Gasteiger partial charge in [0.15, 0.2) is 11.4 Å². The standard InChI is InChI=1S/C28H32F3NO4S/c1-17(2)16-32-25(20-8-10-21(11-9-20)28(29,30)31)37-19(4)7-14-24(33)23-13-12-22(15-18(23)3)36-27(5,6)26(34)35/h8-13,15,17H,4,7,14,16H2,1-3,5-6H3,(H,34,35). The number of thioether (sulfide) groups is 1. The minimum atomic E-state index is -4.42. The number of aryl methyl sites for hydroxylation is 1. The Morgan fingerprint density at radius 3 is 2.22 bits per heavy atom. The van der Waals surface area contributed by atoms with Gasteiger partial charge in [-0.25, -0.2) is 4.79 Å². The van der Waals surface area contributed by atoms with E-state index in [4.69, 9.17) is 4.74 Å². The molecule has 0 bridgehead atoms. The summed E-state index contributed by atoms with van der Waals surface area (Å²) in [7, 11) is 0. The second-order valence-electron chi connectivity index (χ2n) is 9.57. The maximum absolute atomic E-state index is 12.9. The first kappa shape index (κ1) is 30.2. The van der Waals surface area contributed by atoms with Gasteiger partial charge in [-0.3, -0.25) is 9.79 Å². The molecule has 0 spiro atoms. The summed E-state index contributed by atoms with van der Waals surface area (Å²) >= 11 is 1.25. The van der Waals surface area contributed by atoms with E-state index in [-0.39, 0.29) is 18.1 Å². The van der Waals surface area contributed by atoms with E-state index in [1.165, 1.54) is 37.7 Å². The molecule has 0 fully saturated rings. The maximum Gasteiger partial charge on any atom is 0.416 e. The summed E-state index contributed by atoms with van der Waals surface area (Å²) in [5.41, 5.74) is -0.427. The summed E-state index contributed by atoms with van der Waals surface area (Å²) < 4.78 is 44.4. The minimum absolute atomic E-state index is 0.113. The number of allylic oxidation sites excluding steroid dienone is 1. The van der Waals surface area contributed by atoms with E-state index in [9.17, 15) is 27.9 Å². The molecule has 0 heterocycles. The molecule has 0 aliphatic carbocycles. The molecule has 0 aliphatic rings. The molecule has 2 rings (SSSR count). The van der Waals surface area contributed by atoms with Gasteiger partial charge in [0.05, 0.1) is 5.56 Å². The van der Waals surface area contributed by atoms with Gasteiger partial charge in [-0.2, -0.15) is 13.2 Å². The van der Waals surface area contributed by atoms with Gasteiger partial charge in [0.1, 0.15) is 10.8 Å². The Morgan fingerprint density at radius 1 is 1.08 bits per heavy atom. The Morgan fingerprint density at radius 2 is 1.70 bits per heavy atom. The van der Waals surface area contributed by atoms with E-state index in [0.717, 1.165) is 12.1 Å². The largest absolute Gasteiger partial charge is 0.478 e. The first-order valence-corrected chi connectivity index (χ1v) is 12.6. The number of ether oxygens (including phenoxy) is 1. The van der Waals surface area contributed by atoms with Gasteiger partial charge in [-0.1, -0.05) is 44.3 Å². The fraction of sp³-hybridized carbons (Fsp3) is 0.393. The van der Waals surface area contributed by atoms with Crippen LogP contribution in [0.2, 0.25) is 0 Å². The van der Waals surface area contributed by atoms with Crippen LogP contribution in [0.25, 0.3) is 0 Å². The molecule has 0 atom stereocenters. The van der Waals surface area contributed by atoms with Gasteiger partial charge >= 0.3 is 12.1 Å². The van der Waals surface area contributed by atoms with Crippen molar-refractivity contribution in [2.45, 2.75) is 59.2 Å². The number of rotatable bonds is 11. The summed E-state index contributed by atoms with van der Waals surface area (Å²) in [5, 5.41) is 9.79. The van der Waals surface area contributed by atoms with Crippen molar-refractivity contribution in [2.75, 3.05) is 6.54 Å². The van der Waals surface area contributed by atoms with Crippen LogP contribution in [0.4, 0.5) is 13.2 Å². The normalized spacial score (nSPS) is 12.5. The van der Waals surface area contributed by atoms with Crippen LogP contribution in [0, 0.1) is 12.8 Å². The maximum atomic E-state index is 12.9. The zero-order chi connectivity index (χ0) is 28.0. The summed E-state index contributed by atoms with van der Waals surface area (Å²) in [5.74, 6) is -0.604. The summed E-state index contributed by atoms with van der Waals surface area (Å²) in [4.78, 5) is 29.4. The highest BCUT2D eigenvalue weighted by Crippen LogP contribution is 2.31. The van der Waals surface area contributed by atoms with E-state index >= 15 is 0 Å². The van der Waals surface area contributed by atoms with Gasteiger partial charge in [-0.05, 0) is 73.9 Å². The van der Waals surface area contributed by atoms with Crippen LogP contribution in [0.1, 0.15) is 67.6 Å². The van der Waals surface area contributed by atoms with Crippen LogP contribution < -0.4 is 4.74 Å². The Labute approximate surface area is 219 Å². The Bertz CT molecular complexity index is 1170. The average Bonchev–Trinajstić information content (AvgIpc) is 2.79. The molecule has 9 heteroatoms. The molecule has 2 aromatic rings. The van der Waals surface area contributed by atoms with Crippen LogP contribution in [-0.2, 0) is 11.0 Å². The molecule has 0 unspecified atom stereocenters. The number of Topliss-reactive ketones (excluding diaryl/α,β-unsaturated/α-hetero) is 1. The monoisotopic (exact) mass is 535 g/mol. The van der Waals surface area contributed by atoms with Crippen molar-refractivity contribution in [1.82, 2.24) is 0 Å². The lowest BCUT2D eigenvalue weighted by Crippen LogP contribution is -2.37. The van der Waals surface area contributed by atoms with Crippen LogP contribution in [0.5, 0.6) is 5.75 Å². The smallest absolute Gasteiger partial charge is 0.416 e. The summed E-state index contributed by atoms with van der Waals surface area (Å²) in [6.45, 7) is 13.2. The van der Waals surface area contributed by atoms with Gasteiger partial charge in [0.25, 0.3) is 0 Å². The van der Waals surface area contributed by atoms with Crippen molar-refractivity contribution >= 4 is 28.6 Å². The quantitative estimate of drug-likeness (QED) is 0.182. The van der Waals surface area contributed by atoms with Crippen molar-refractivity contribution in [3.8, 4) is 5.75 Å². The molecule has 200 valence electrons. The summed E-state index contributed by atoms with van der Waals surface area (Å²) in [6, 6.07) is 9.65. The third-order valence-corrected chi connectivity index (χ3v) is 6.37. The highest BCUT2D eigenvalue weighted by molar-refractivity contribution is 8.17. The van der Waals surface area contributed by atoms with E-state index < -0.39 is 23.3 Å². The van der Waals surface area contributed by atoms with Crippen molar-refractivity contribution in [1.29, 1.82) is 0 Å². The zero-order valence-corrected chi connectivity index (χ0v) is 22.4. The van der Waals surface area contributed by atoms with E-state index in [1.54, 1.807) is 25.1 Å². The number of aliphatic imine (C=N–C) groups is 1. The number of hydrogen-bond acceptors (Lipinski definition) is 5. The molecular weight excluding hydrogens is 503 g/mol. The minimum Gasteiger partial charge on any atom is -0.478 e. The lowest BCUT2D eigenvalue weighted by Gasteiger charge is -2.22. The Hall–Kier alpha value is -3.07. The fourth-order valence-electron chi connectivity index (χ4n) is 3.18. The van der Waals surface area contributed by atoms with E-state index in [0.29, 0.717) is 45.4 Å². The summed E-state index contributed by atoms with van der Waals surface area (Å²) in [6.07, 6.45) is -3.88. The lowest BCUT2D eigenvalue weighted by atomic mass is 10.0. The van der Waals surface area contributed by atoms with Crippen molar-refractivity contribution in [3.05, 3.63) is 76.2 Å². The zero-order valence-electron chi connectivity index (χ0n) is 21.6. The van der Waals surface area contributed by atoms with Crippen LogP contribution >= 0.6 is 11.8 Å². The van der Waals surface area contributed by atoms with Crippen molar-refractivity contribution in [3.63, 3.8) is 0 Å². The van der Waals surface area contributed by atoms with Crippen molar-refractivity contribution < 1.29 is 32.6 Å². The molecule has 0 amide bonds. The topological polar surface area (TPSA) is 76.0 Å². The SMILES string of the molecule is C=C(CCC(=O)c1ccc(OC(C)(C)C(=O)O)cc1C)SC(=NCC(C)C)c1ccc(C(F)(F)F)cc1. The average molecular weight is 536 g/mol. The second-order valence-corrected chi connectivity index (χ2v) is 10.7. The number of hydrogen-bond donors (Lipinski definition) is 1. The predicted molar refractivity (Wildman–Crippen MR) is 142 cm³/mol. The van der Waals surface area contributed by atoms with Gasteiger partial charge in [0.2, 0.25) is 0 Å². The third kappa shape index (κ3) is 9.07. The van der Waals surface area contributed by atoms with Gasteiger partial charge < -0.3 is 9.84 Å². The molecule has 5 nitrogen and oxygen atoms in total. The van der Waals surface area contributed by atoms with E-state index in [2.05, 4.69) is 11.6 Å². The Balaban J connectivity index is 2.08. The number of halogens is 3. The highest BCUT2D eigenvalue weighted by atomic mass is 32.2. The lowest BCUT2D eigenvalue weighted by molar-refractivity contribution is -0.152. The Kier molecular flexibility index (Phi) is 10.1. The molecular formula is C28H32F3NO4S. The number of alkyl halides is 3. The van der Waals surface area contributed by atoms with Crippen LogP contribution in [0.15, 0.2) is 58.9 Å². The number of carbonyl (C=O) groups excluding carboxylic acids is 1. The number of nitrogens with zero attached hydrogens (tertiary/aromatic N) is 1. The van der Waals surface area contributed by atoms with Crippen LogP contribution in [-0.4, -0.2) is 34.0 Å². The molecule has 37 heavy (non-hydrogen) atoms. The molecule has 0 aliphatic heterocycles. The number of aliphatic carboxylic acids is 1. The number of carbonyl (C=O) groups is 2. The third-order valence-electron chi connectivity index (χ3n) is 5.32. The van der Waals surface area contributed by atoms with Gasteiger partial charge in [0, 0.05) is 24.1 Å². The first-order valence-electron chi connectivity index (χ1n) is 11.7. The molecule has 0 saturated heterocycles. The molecule has 0 radical (unpaired) electrons. The predicted octanol–water partition coefficient (Wildman–Crippen LogP) is 7.57. The van der Waals surface area contributed by atoms with E-state index in [1.807, 2.05) is 13.8 Å². The van der Waals surface area contributed by atoms with Gasteiger partial charge in [-0.15, -0.1) is 0 Å². The molecule has 0 saturated carbocycles. The second kappa shape index (κ2) is 12.4. The molecule has 0 aromatic heterocycles.